The summed E-state index contributed by atoms with van der Waals surface area (Å²) in [5.41, 5.74) is 2.14. The Kier molecular flexibility index (Phi) is 5.72. The maximum absolute atomic E-state index is 13.5. The number of halogens is 3. The quantitative estimate of drug-likeness (QED) is 0.566. The molecule has 1 aromatic heterocycles. The summed E-state index contributed by atoms with van der Waals surface area (Å²) in [4.78, 5) is 6.21. The maximum Gasteiger partial charge on any atom is 0.449 e. The molecule has 0 aliphatic carbocycles. The number of rotatable bonds is 5. The number of hydrogen-bond acceptors (Lipinski definition) is 2. The second-order valence-electron chi connectivity index (χ2n) is 7.59. The minimum absolute atomic E-state index is 0.225. The van der Waals surface area contributed by atoms with Gasteiger partial charge in [-0.15, -0.1) is 0 Å². The summed E-state index contributed by atoms with van der Waals surface area (Å²) >= 11 is 0. The third-order valence-electron chi connectivity index (χ3n) is 5.53. The number of nitrogens with zero attached hydrogens (tertiary/aromatic N) is 3. The van der Waals surface area contributed by atoms with E-state index in [1.165, 1.54) is 10.1 Å². The van der Waals surface area contributed by atoms with Crippen LogP contribution in [0.25, 0.3) is 17.1 Å². The minimum atomic E-state index is -4.44. The zero-order chi connectivity index (χ0) is 20.3. The molecule has 2 heterocycles. The van der Waals surface area contributed by atoms with E-state index < -0.39 is 12.0 Å². The molecule has 0 amide bonds. The van der Waals surface area contributed by atoms with Gasteiger partial charge in [-0.3, -0.25) is 4.90 Å². The van der Waals surface area contributed by atoms with Crippen molar-refractivity contribution in [2.24, 2.45) is 5.92 Å². The number of likely N-dealkylation sites (tertiary alicyclic amines) is 1. The molecule has 29 heavy (non-hydrogen) atoms. The zero-order valence-electron chi connectivity index (χ0n) is 16.1. The SMILES string of the molecule is FC(F)(F)c1nc2ccccc2n1CC1CCN(C/C=C/c2ccccc2)CC1. The number of piperidine rings is 1. The maximum atomic E-state index is 13.5. The fraction of sp³-hybridized carbons (Fsp3) is 0.348. The zero-order valence-corrected chi connectivity index (χ0v) is 16.1. The first kappa shape index (κ1) is 19.7. The average molecular weight is 399 g/mol. The lowest BCUT2D eigenvalue weighted by Crippen LogP contribution is -2.35. The summed E-state index contributed by atoms with van der Waals surface area (Å²) in [7, 11) is 0. The van der Waals surface area contributed by atoms with Gasteiger partial charge in [0, 0.05) is 13.1 Å². The minimum Gasteiger partial charge on any atom is -0.320 e. The molecular weight excluding hydrogens is 375 g/mol. The van der Waals surface area contributed by atoms with Crippen LogP contribution in [0.5, 0.6) is 0 Å². The molecule has 6 heteroatoms. The summed E-state index contributed by atoms with van der Waals surface area (Å²) in [6, 6.07) is 17.0. The standard InChI is InChI=1S/C23H24F3N3/c24-23(25,26)22-27-20-10-4-5-11-21(20)29(22)17-19-12-15-28(16-13-19)14-6-9-18-7-2-1-3-8-18/h1-11,19H,12-17H2/b9-6+. The molecule has 4 rings (SSSR count). The Labute approximate surface area is 168 Å². The van der Waals surface area contributed by atoms with E-state index in [0.717, 1.165) is 32.5 Å². The second kappa shape index (κ2) is 8.41. The molecule has 0 unspecified atom stereocenters. The molecule has 152 valence electrons. The van der Waals surface area contributed by atoms with Gasteiger partial charge in [-0.1, -0.05) is 54.6 Å². The van der Waals surface area contributed by atoms with Crippen molar-refractivity contribution in [1.82, 2.24) is 14.5 Å². The van der Waals surface area contributed by atoms with Gasteiger partial charge in [0.2, 0.25) is 5.82 Å². The molecule has 2 aromatic carbocycles. The highest BCUT2D eigenvalue weighted by atomic mass is 19.4. The van der Waals surface area contributed by atoms with E-state index in [-0.39, 0.29) is 5.92 Å². The molecule has 1 saturated heterocycles. The van der Waals surface area contributed by atoms with Crippen LogP contribution in [-0.4, -0.2) is 34.1 Å². The first-order valence-corrected chi connectivity index (χ1v) is 9.97. The van der Waals surface area contributed by atoms with Crippen molar-refractivity contribution in [2.75, 3.05) is 19.6 Å². The van der Waals surface area contributed by atoms with Gasteiger partial charge in [0.15, 0.2) is 0 Å². The number of imidazole rings is 1. The summed E-state index contributed by atoms with van der Waals surface area (Å²) < 4.78 is 41.8. The Morgan fingerprint density at radius 2 is 1.66 bits per heavy atom. The van der Waals surface area contributed by atoms with Gasteiger partial charge in [-0.2, -0.15) is 13.2 Å². The Hall–Kier alpha value is -2.60. The monoisotopic (exact) mass is 399 g/mol. The van der Waals surface area contributed by atoms with Gasteiger partial charge in [0.05, 0.1) is 11.0 Å². The third-order valence-corrected chi connectivity index (χ3v) is 5.53. The van der Waals surface area contributed by atoms with Crippen LogP contribution in [0.4, 0.5) is 13.2 Å². The summed E-state index contributed by atoms with van der Waals surface area (Å²) in [6.07, 6.45) is 1.61. The molecule has 0 radical (unpaired) electrons. The molecule has 1 fully saturated rings. The normalized spacial score (nSPS) is 16.8. The Balaban J connectivity index is 1.38. The van der Waals surface area contributed by atoms with E-state index in [2.05, 4.69) is 34.2 Å². The summed E-state index contributed by atoms with van der Waals surface area (Å²) in [5, 5.41) is 0. The highest BCUT2D eigenvalue weighted by Gasteiger charge is 2.38. The van der Waals surface area contributed by atoms with Crippen LogP contribution >= 0.6 is 0 Å². The van der Waals surface area contributed by atoms with E-state index in [4.69, 9.17) is 0 Å². The smallest absolute Gasteiger partial charge is 0.320 e. The van der Waals surface area contributed by atoms with E-state index in [1.807, 2.05) is 18.2 Å². The number of alkyl halides is 3. The predicted molar refractivity (Wildman–Crippen MR) is 109 cm³/mol. The lowest BCUT2D eigenvalue weighted by atomic mass is 9.96. The van der Waals surface area contributed by atoms with E-state index in [9.17, 15) is 13.2 Å². The molecular formula is C23H24F3N3. The fourth-order valence-electron chi connectivity index (χ4n) is 3.99. The molecule has 0 spiro atoms. The lowest BCUT2D eigenvalue weighted by Gasteiger charge is -2.31. The van der Waals surface area contributed by atoms with Crippen molar-refractivity contribution in [3.8, 4) is 0 Å². The van der Waals surface area contributed by atoms with Crippen LogP contribution in [0.2, 0.25) is 0 Å². The van der Waals surface area contributed by atoms with Gasteiger partial charge in [0.1, 0.15) is 0 Å². The Morgan fingerprint density at radius 3 is 2.38 bits per heavy atom. The van der Waals surface area contributed by atoms with Gasteiger partial charge >= 0.3 is 6.18 Å². The van der Waals surface area contributed by atoms with Crippen LogP contribution in [-0.2, 0) is 12.7 Å². The molecule has 1 aliphatic rings. The van der Waals surface area contributed by atoms with Gasteiger partial charge in [-0.05, 0) is 49.5 Å². The number of fused-ring (bicyclic) bond motifs is 1. The van der Waals surface area contributed by atoms with E-state index in [1.54, 1.807) is 24.3 Å². The van der Waals surface area contributed by atoms with Crippen molar-refractivity contribution < 1.29 is 13.2 Å². The molecule has 1 aliphatic heterocycles. The van der Waals surface area contributed by atoms with Crippen molar-refractivity contribution in [3.05, 3.63) is 72.1 Å². The van der Waals surface area contributed by atoms with E-state index >= 15 is 0 Å². The van der Waals surface area contributed by atoms with Crippen LogP contribution in [0.15, 0.2) is 60.7 Å². The van der Waals surface area contributed by atoms with Crippen LogP contribution < -0.4 is 0 Å². The number of aromatic nitrogens is 2. The van der Waals surface area contributed by atoms with Gasteiger partial charge < -0.3 is 4.57 Å². The summed E-state index contributed by atoms with van der Waals surface area (Å²) in [5.74, 6) is -0.560. The van der Waals surface area contributed by atoms with E-state index in [0.29, 0.717) is 17.6 Å². The molecule has 0 N–H and O–H groups in total. The average Bonchev–Trinajstić information content (AvgIpc) is 3.09. The highest BCUT2D eigenvalue weighted by Crippen LogP contribution is 2.33. The highest BCUT2D eigenvalue weighted by molar-refractivity contribution is 5.76. The van der Waals surface area contributed by atoms with Gasteiger partial charge in [-0.25, -0.2) is 4.98 Å². The first-order chi connectivity index (χ1) is 14.0. The summed E-state index contributed by atoms with van der Waals surface area (Å²) in [6.45, 7) is 3.03. The molecule has 3 aromatic rings. The van der Waals surface area contributed by atoms with Crippen molar-refractivity contribution in [1.29, 1.82) is 0 Å². The predicted octanol–water partition coefficient (Wildman–Crippen LogP) is 5.48. The molecule has 0 atom stereocenters. The third kappa shape index (κ3) is 4.70. The topological polar surface area (TPSA) is 21.1 Å². The Morgan fingerprint density at radius 1 is 0.966 bits per heavy atom. The fourth-order valence-corrected chi connectivity index (χ4v) is 3.99. The number of para-hydroxylation sites is 2. The molecule has 0 bridgehead atoms. The second-order valence-corrected chi connectivity index (χ2v) is 7.59. The Bertz CT molecular complexity index is 968. The first-order valence-electron chi connectivity index (χ1n) is 9.97. The number of benzene rings is 2. The van der Waals surface area contributed by atoms with Crippen LogP contribution in [0.1, 0.15) is 24.2 Å². The molecule has 3 nitrogen and oxygen atoms in total. The van der Waals surface area contributed by atoms with Crippen molar-refractivity contribution in [3.63, 3.8) is 0 Å². The van der Waals surface area contributed by atoms with Crippen LogP contribution in [0, 0.1) is 5.92 Å². The number of hydrogen-bond donors (Lipinski definition) is 0. The largest absolute Gasteiger partial charge is 0.449 e. The van der Waals surface area contributed by atoms with Crippen molar-refractivity contribution in [2.45, 2.75) is 25.6 Å². The molecule has 0 saturated carbocycles. The van der Waals surface area contributed by atoms with Gasteiger partial charge in [0.25, 0.3) is 0 Å². The lowest BCUT2D eigenvalue weighted by molar-refractivity contribution is -0.147. The van der Waals surface area contributed by atoms with Crippen LogP contribution in [0.3, 0.4) is 0 Å². The van der Waals surface area contributed by atoms with Crippen molar-refractivity contribution >= 4 is 17.1 Å².